The lowest BCUT2D eigenvalue weighted by Gasteiger charge is -2.29. The van der Waals surface area contributed by atoms with Crippen molar-refractivity contribution in [3.8, 4) is 0 Å². The van der Waals surface area contributed by atoms with E-state index in [1.165, 1.54) is 6.07 Å². The molecule has 0 aromatic heterocycles. The molecule has 0 nitrogen and oxygen atoms in total. The fraction of sp³-hybridized carbons (Fsp3) is 0.538. The van der Waals surface area contributed by atoms with Crippen molar-refractivity contribution in [2.45, 2.75) is 27.2 Å². The Morgan fingerprint density at radius 3 is 2.44 bits per heavy atom. The van der Waals surface area contributed by atoms with Crippen LogP contribution in [-0.2, 0) is 6.42 Å². The minimum absolute atomic E-state index is 0.190. The van der Waals surface area contributed by atoms with Crippen LogP contribution in [0, 0.1) is 17.2 Å². The lowest BCUT2D eigenvalue weighted by atomic mass is 9.78. The molecule has 0 N–H and O–H groups in total. The molecule has 0 amide bonds. The van der Waals surface area contributed by atoms with Crippen LogP contribution in [0.25, 0.3) is 0 Å². The van der Waals surface area contributed by atoms with E-state index in [-0.39, 0.29) is 16.3 Å². The van der Waals surface area contributed by atoms with Gasteiger partial charge in [-0.3, -0.25) is 0 Å². The van der Waals surface area contributed by atoms with E-state index in [0.717, 1.165) is 17.3 Å². The zero-order valence-corrected chi connectivity index (χ0v) is 12.2. The van der Waals surface area contributed by atoms with E-state index in [0.29, 0.717) is 5.92 Å². The van der Waals surface area contributed by atoms with Crippen molar-refractivity contribution in [3.05, 3.63) is 34.6 Å². The van der Waals surface area contributed by atoms with Crippen molar-refractivity contribution in [2.75, 3.05) is 5.33 Å². The fourth-order valence-corrected chi connectivity index (χ4v) is 2.86. The van der Waals surface area contributed by atoms with Crippen LogP contribution < -0.4 is 0 Å². The van der Waals surface area contributed by atoms with E-state index < -0.39 is 0 Å². The Bertz CT molecular complexity index is 357. The highest BCUT2D eigenvalue weighted by atomic mass is 79.9. The maximum atomic E-state index is 13.3. The van der Waals surface area contributed by atoms with Gasteiger partial charge in [-0.25, -0.2) is 4.39 Å². The number of hydrogen-bond acceptors (Lipinski definition) is 0. The van der Waals surface area contributed by atoms with Crippen molar-refractivity contribution < 1.29 is 4.39 Å². The molecule has 1 rings (SSSR count). The van der Waals surface area contributed by atoms with Gasteiger partial charge in [-0.15, -0.1) is 0 Å². The molecule has 90 valence electrons. The third-order valence-electron chi connectivity index (χ3n) is 2.88. The summed E-state index contributed by atoms with van der Waals surface area (Å²) in [6.45, 7) is 6.60. The van der Waals surface area contributed by atoms with Crippen molar-refractivity contribution in [2.24, 2.45) is 11.3 Å². The Morgan fingerprint density at radius 2 is 2.00 bits per heavy atom. The first-order chi connectivity index (χ1) is 7.34. The standard InChI is InChI=1S/C13H17BrClF/c1-13(2,3)10(8-14)6-9-4-5-11(15)12(16)7-9/h4-5,7,10H,6,8H2,1-3H3. The second-order valence-corrected chi connectivity index (χ2v) is 6.22. The maximum absolute atomic E-state index is 13.3. The summed E-state index contributed by atoms with van der Waals surface area (Å²) >= 11 is 9.18. The average molecular weight is 308 g/mol. The van der Waals surface area contributed by atoms with Crippen LogP contribution in [0.2, 0.25) is 5.02 Å². The lowest BCUT2D eigenvalue weighted by Crippen LogP contribution is -2.24. The summed E-state index contributed by atoms with van der Waals surface area (Å²) in [5.74, 6) is 0.148. The molecule has 0 spiro atoms. The Labute approximate surface area is 110 Å². The molecule has 1 aromatic rings. The molecule has 0 saturated heterocycles. The third kappa shape index (κ3) is 3.74. The number of halogens is 3. The first-order valence-corrected chi connectivity index (χ1v) is 6.84. The molecule has 1 unspecified atom stereocenters. The molecule has 3 heteroatoms. The number of rotatable bonds is 3. The first-order valence-electron chi connectivity index (χ1n) is 5.34. The van der Waals surface area contributed by atoms with Crippen LogP contribution in [0.4, 0.5) is 4.39 Å². The minimum atomic E-state index is -0.332. The van der Waals surface area contributed by atoms with Gasteiger partial charge in [-0.1, -0.05) is 54.4 Å². The van der Waals surface area contributed by atoms with Gasteiger partial charge in [-0.2, -0.15) is 0 Å². The summed E-state index contributed by atoms with van der Waals surface area (Å²) in [5, 5.41) is 1.11. The molecule has 1 aromatic carbocycles. The lowest BCUT2D eigenvalue weighted by molar-refractivity contribution is 0.266. The minimum Gasteiger partial charge on any atom is -0.205 e. The predicted molar refractivity (Wildman–Crippen MR) is 71.9 cm³/mol. The van der Waals surface area contributed by atoms with Gasteiger partial charge < -0.3 is 0 Å². The van der Waals surface area contributed by atoms with Crippen molar-refractivity contribution in [1.29, 1.82) is 0 Å². The molecule has 0 aliphatic carbocycles. The van der Waals surface area contributed by atoms with E-state index in [1.54, 1.807) is 6.07 Å². The summed E-state index contributed by atoms with van der Waals surface area (Å²) in [4.78, 5) is 0. The Hall–Kier alpha value is -0.0800. The molecule has 0 aliphatic rings. The molecule has 0 radical (unpaired) electrons. The second kappa shape index (κ2) is 5.50. The van der Waals surface area contributed by atoms with Crippen LogP contribution in [-0.4, -0.2) is 5.33 Å². The van der Waals surface area contributed by atoms with Crippen LogP contribution in [0.15, 0.2) is 18.2 Å². The van der Waals surface area contributed by atoms with Gasteiger partial charge in [0.2, 0.25) is 0 Å². The van der Waals surface area contributed by atoms with Gasteiger partial charge in [0, 0.05) is 5.33 Å². The first kappa shape index (κ1) is 14.0. The van der Waals surface area contributed by atoms with E-state index in [1.807, 2.05) is 6.07 Å². The van der Waals surface area contributed by atoms with Gasteiger partial charge in [0.05, 0.1) is 5.02 Å². The molecule has 1 atom stereocenters. The number of alkyl halides is 1. The third-order valence-corrected chi connectivity index (χ3v) is 3.97. The van der Waals surface area contributed by atoms with E-state index in [4.69, 9.17) is 11.6 Å². The summed E-state index contributed by atoms with van der Waals surface area (Å²) in [6.07, 6.45) is 0.864. The molecule has 16 heavy (non-hydrogen) atoms. The van der Waals surface area contributed by atoms with Crippen LogP contribution in [0.1, 0.15) is 26.3 Å². The Kier molecular flexibility index (Phi) is 4.81. The second-order valence-electron chi connectivity index (χ2n) is 5.17. The van der Waals surface area contributed by atoms with Crippen LogP contribution in [0.5, 0.6) is 0 Å². The summed E-state index contributed by atoms with van der Waals surface area (Å²) in [5.41, 5.74) is 1.21. The van der Waals surface area contributed by atoms with Crippen molar-refractivity contribution in [3.63, 3.8) is 0 Å². The van der Waals surface area contributed by atoms with E-state index in [2.05, 4.69) is 36.7 Å². The molecule has 0 saturated carbocycles. The van der Waals surface area contributed by atoms with Gasteiger partial charge in [0.1, 0.15) is 5.82 Å². The summed E-state index contributed by atoms with van der Waals surface area (Å²) in [6, 6.07) is 5.05. The highest BCUT2D eigenvalue weighted by molar-refractivity contribution is 9.09. The van der Waals surface area contributed by atoms with Crippen LogP contribution in [0.3, 0.4) is 0 Å². The SMILES string of the molecule is CC(C)(C)C(CBr)Cc1ccc(Cl)c(F)c1. The molecule has 0 bridgehead atoms. The molecular weight excluding hydrogens is 290 g/mol. The van der Waals surface area contributed by atoms with Gasteiger partial charge in [-0.05, 0) is 35.4 Å². The Morgan fingerprint density at radius 1 is 1.38 bits per heavy atom. The van der Waals surface area contributed by atoms with Crippen molar-refractivity contribution >= 4 is 27.5 Å². The predicted octanol–water partition coefficient (Wildman–Crippen LogP) is 5.08. The zero-order chi connectivity index (χ0) is 12.3. The smallest absolute Gasteiger partial charge is 0.142 e. The summed E-state index contributed by atoms with van der Waals surface area (Å²) in [7, 11) is 0. The van der Waals surface area contributed by atoms with Gasteiger partial charge in [0.15, 0.2) is 0 Å². The maximum Gasteiger partial charge on any atom is 0.142 e. The van der Waals surface area contributed by atoms with Gasteiger partial charge >= 0.3 is 0 Å². The van der Waals surface area contributed by atoms with Crippen LogP contribution >= 0.6 is 27.5 Å². The van der Waals surface area contributed by atoms with E-state index >= 15 is 0 Å². The fourth-order valence-electron chi connectivity index (χ4n) is 1.54. The zero-order valence-electron chi connectivity index (χ0n) is 9.86. The van der Waals surface area contributed by atoms with E-state index in [9.17, 15) is 4.39 Å². The monoisotopic (exact) mass is 306 g/mol. The summed E-state index contributed by atoms with van der Waals surface area (Å²) < 4.78 is 13.3. The number of benzene rings is 1. The van der Waals surface area contributed by atoms with Crippen molar-refractivity contribution in [1.82, 2.24) is 0 Å². The largest absolute Gasteiger partial charge is 0.205 e. The van der Waals surface area contributed by atoms with Gasteiger partial charge in [0.25, 0.3) is 0 Å². The topological polar surface area (TPSA) is 0 Å². The molecule has 0 heterocycles. The average Bonchev–Trinajstić information content (AvgIpc) is 2.18. The number of hydrogen-bond donors (Lipinski definition) is 0. The Balaban J connectivity index is 2.83. The molecule has 0 aliphatic heterocycles. The molecule has 0 fully saturated rings. The highest BCUT2D eigenvalue weighted by Gasteiger charge is 2.23. The molecular formula is C13H17BrClF. The normalized spacial score (nSPS) is 13.9. The quantitative estimate of drug-likeness (QED) is 0.683. The highest BCUT2D eigenvalue weighted by Crippen LogP contribution is 2.31.